The fraction of sp³-hybridized carbons (Fsp3) is 0.0909. The molecule has 0 saturated heterocycles. The van der Waals surface area contributed by atoms with Crippen LogP contribution in [0.1, 0.15) is 0 Å². The molecule has 3 aromatic rings. The van der Waals surface area contributed by atoms with Crippen LogP contribution in [0.2, 0.25) is 5.02 Å². The van der Waals surface area contributed by atoms with Crippen molar-refractivity contribution < 1.29 is 19.1 Å². The molecule has 0 atom stereocenters. The number of nitrogens with one attached hydrogen (secondary N) is 2. The zero-order valence-electron chi connectivity index (χ0n) is 15.6. The number of halogens is 1. The minimum absolute atomic E-state index is 0.188. The Morgan fingerprint density at radius 3 is 2.14 bits per heavy atom. The van der Waals surface area contributed by atoms with Gasteiger partial charge in [0, 0.05) is 11.4 Å². The van der Waals surface area contributed by atoms with E-state index in [4.69, 9.17) is 16.3 Å². The predicted molar refractivity (Wildman–Crippen MR) is 113 cm³/mol. The summed E-state index contributed by atoms with van der Waals surface area (Å²) in [5.41, 5.74) is 3.13. The number of hydrogen-bond donors (Lipinski definition) is 2. The topological polar surface area (TPSA) is 76.7 Å². The molecule has 0 heterocycles. The molecule has 2 N–H and O–H groups in total. The maximum absolute atomic E-state index is 12.1. The summed E-state index contributed by atoms with van der Waals surface area (Å²) >= 11 is 6.29. The number of benzene rings is 3. The van der Waals surface area contributed by atoms with Gasteiger partial charge < -0.3 is 14.8 Å². The molecule has 3 rings (SSSR count). The monoisotopic (exact) mass is 410 g/mol. The second kappa shape index (κ2) is 9.61. The van der Waals surface area contributed by atoms with Crippen LogP contribution < -0.4 is 15.4 Å². The van der Waals surface area contributed by atoms with Gasteiger partial charge in [-0.05, 0) is 47.5 Å². The Kier molecular flexibility index (Phi) is 6.71. The highest BCUT2D eigenvalue weighted by molar-refractivity contribution is 6.32. The van der Waals surface area contributed by atoms with E-state index in [0.29, 0.717) is 22.1 Å². The van der Waals surface area contributed by atoms with Crippen LogP contribution in [0, 0.1) is 0 Å². The van der Waals surface area contributed by atoms with Crippen LogP contribution in [0.25, 0.3) is 11.1 Å². The van der Waals surface area contributed by atoms with Gasteiger partial charge in [0.05, 0.1) is 12.1 Å². The first-order valence-electron chi connectivity index (χ1n) is 8.78. The van der Waals surface area contributed by atoms with Crippen LogP contribution in [-0.4, -0.2) is 25.7 Å². The summed E-state index contributed by atoms with van der Waals surface area (Å²) in [5, 5.41) is 5.67. The lowest BCUT2D eigenvalue weighted by atomic mass is 10.1. The Hall–Kier alpha value is -3.51. The predicted octanol–water partition coefficient (Wildman–Crippen LogP) is 5.20. The smallest absolute Gasteiger partial charge is 0.411 e. The highest BCUT2D eigenvalue weighted by Gasteiger charge is 2.09. The van der Waals surface area contributed by atoms with E-state index in [-0.39, 0.29) is 12.5 Å². The van der Waals surface area contributed by atoms with Crippen molar-refractivity contribution in [2.24, 2.45) is 0 Å². The average molecular weight is 411 g/mol. The first kappa shape index (κ1) is 20.2. The molecule has 0 aromatic heterocycles. The van der Waals surface area contributed by atoms with E-state index in [9.17, 15) is 9.59 Å². The van der Waals surface area contributed by atoms with Crippen molar-refractivity contribution in [1.29, 1.82) is 0 Å². The zero-order chi connectivity index (χ0) is 20.6. The molecule has 0 saturated carbocycles. The van der Waals surface area contributed by atoms with E-state index >= 15 is 0 Å². The number of rotatable bonds is 6. The first-order valence-corrected chi connectivity index (χ1v) is 9.15. The molecule has 7 heteroatoms. The van der Waals surface area contributed by atoms with Crippen LogP contribution in [-0.2, 0) is 9.53 Å². The van der Waals surface area contributed by atoms with Gasteiger partial charge >= 0.3 is 6.09 Å². The van der Waals surface area contributed by atoms with Crippen LogP contribution in [0.15, 0.2) is 72.8 Å². The Balaban J connectivity index is 1.54. The summed E-state index contributed by atoms with van der Waals surface area (Å²) in [7, 11) is 1.28. The number of carbonyl (C=O) groups is 2. The van der Waals surface area contributed by atoms with Gasteiger partial charge in [-0.25, -0.2) is 4.79 Å². The molecule has 6 nitrogen and oxygen atoms in total. The third kappa shape index (κ3) is 5.73. The highest BCUT2D eigenvalue weighted by Crippen LogP contribution is 2.30. The van der Waals surface area contributed by atoms with E-state index in [0.717, 1.165) is 11.1 Å². The summed E-state index contributed by atoms with van der Waals surface area (Å²) in [5.74, 6) is 0.0982. The Morgan fingerprint density at radius 2 is 1.52 bits per heavy atom. The lowest BCUT2D eigenvalue weighted by molar-refractivity contribution is -0.118. The molecule has 0 bridgehead atoms. The fourth-order valence-electron chi connectivity index (χ4n) is 2.57. The highest BCUT2D eigenvalue weighted by atomic mass is 35.5. The number of methoxy groups -OCH3 is 1. The maximum atomic E-state index is 12.1. The minimum atomic E-state index is -0.564. The van der Waals surface area contributed by atoms with Gasteiger partial charge in [-0.15, -0.1) is 0 Å². The van der Waals surface area contributed by atoms with Gasteiger partial charge in [0.1, 0.15) is 5.75 Å². The van der Waals surface area contributed by atoms with Crippen LogP contribution in [0.5, 0.6) is 5.75 Å². The van der Waals surface area contributed by atoms with E-state index < -0.39 is 6.09 Å². The number of anilines is 2. The van der Waals surface area contributed by atoms with Crippen LogP contribution in [0.3, 0.4) is 0 Å². The van der Waals surface area contributed by atoms with Crippen molar-refractivity contribution in [3.8, 4) is 16.9 Å². The second-order valence-corrected chi connectivity index (χ2v) is 6.45. The summed E-state index contributed by atoms with van der Waals surface area (Å²) in [6.07, 6.45) is -0.564. The largest absolute Gasteiger partial charge is 0.482 e. The lowest BCUT2D eigenvalue weighted by Crippen LogP contribution is -2.20. The zero-order valence-corrected chi connectivity index (χ0v) is 16.4. The second-order valence-electron chi connectivity index (χ2n) is 6.04. The van der Waals surface area contributed by atoms with Crippen molar-refractivity contribution in [2.75, 3.05) is 24.4 Å². The summed E-state index contributed by atoms with van der Waals surface area (Å²) in [6, 6.07) is 21.9. The van der Waals surface area contributed by atoms with E-state index in [2.05, 4.69) is 15.4 Å². The van der Waals surface area contributed by atoms with E-state index in [1.807, 2.05) is 36.4 Å². The molecule has 29 heavy (non-hydrogen) atoms. The van der Waals surface area contributed by atoms with E-state index in [1.165, 1.54) is 7.11 Å². The molecular weight excluding hydrogens is 392 g/mol. The summed E-state index contributed by atoms with van der Waals surface area (Å²) in [4.78, 5) is 23.3. The standard InChI is InChI=1S/C22H19ClN2O4/c1-28-22(27)25-18-10-8-17(9-11-18)24-21(26)14-29-20-12-7-16(13-19(20)23)15-5-3-2-4-6-15/h2-13H,14H2,1H3,(H,24,26)(H,25,27). The van der Waals surface area contributed by atoms with Gasteiger partial charge in [-0.2, -0.15) is 0 Å². The van der Waals surface area contributed by atoms with Gasteiger partial charge in [0.2, 0.25) is 0 Å². The number of hydrogen-bond acceptors (Lipinski definition) is 4. The van der Waals surface area contributed by atoms with Crippen LogP contribution in [0.4, 0.5) is 16.2 Å². The molecule has 2 amide bonds. The van der Waals surface area contributed by atoms with Gasteiger partial charge in [-0.3, -0.25) is 10.1 Å². The fourth-order valence-corrected chi connectivity index (χ4v) is 2.81. The van der Waals surface area contributed by atoms with Crippen molar-refractivity contribution in [3.05, 3.63) is 77.8 Å². The first-order chi connectivity index (χ1) is 14.0. The molecule has 3 aromatic carbocycles. The lowest BCUT2D eigenvalue weighted by Gasteiger charge is -2.11. The molecule has 0 aliphatic carbocycles. The summed E-state index contributed by atoms with van der Waals surface area (Å²) in [6.45, 7) is -0.188. The molecule has 0 aliphatic rings. The third-order valence-electron chi connectivity index (χ3n) is 4.00. The SMILES string of the molecule is COC(=O)Nc1ccc(NC(=O)COc2ccc(-c3ccccc3)cc2Cl)cc1. The normalized spacial score (nSPS) is 10.1. The van der Waals surface area contributed by atoms with Gasteiger partial charge in [0.25, 0.3) is 5.91 Å². The number of amides is 2. The molecule has 0 fully saturated rings. The Labute approximate surface area is 173 Å². The van der Waals surface area contributed by atoms with Crippen molar-refractivity contribution in [3.63, 3.8) is 0 Å². The maximum Gasteiger partial charge on any atom is 0.411 e. The number of ether oxygens (including phenoxy) is 2. The van der Waals surface area contributed by atoms with Gasteiger partial charge in [-0.1, -0.05) is 48.0 Å². The summed E-state index contributed by atoms with van der Waals surface area (Å²) < 4.78 is 10.1. The van der Waals surface area contributed by atoms with Gasteiger partial charge in [0.15, 0.2) is 6.61 Å². The number of carbonyl (C=O) groups excluding carboxylic acids is 2. The molecule has 148 valence electrons. The van der Waals surface area contributed by atoms with E-state index in [1.54, 1.807) is 36.4 Å². The van der Waals surface area contributed by atoms with Crippen LogP contribution >= 0.6 is 11.6 Å². The molecule has 0 unspecified atom stereocenters. The minimum Gasteiger partial charge on any atom is -0.482 e. The van der Waals surface area contributed by atoms with Crippen molar-refractivity contribution in [1.82, 2.24) is 0 Å². The molecule has 0 aliphatic heterocycles. The Bertz CT molecular complexity index is 991. The third-order valence-corrected chi connectivity index (χ3v) is 4.29. The Morgan fingerprint density at radius 1 is 0.862 bits per heavy atom. The molecular formula is C22H19ClN2O4. The van der Waals surface area contributed by atoms with Crippen molar-refractivity contribution >= 4 is 35.0 Å². The molecule has 0 spiro atoms. The quantitative estimate of drug-likeness (QED) is 0.585. The van der Waals surface area contributed by atoms with Crippen molar-refractivity contribution in [2.45, 2.75) is 0 Å². The molecule has 0 radical (unpaired) electrons. The average Bonchev–Trinajstić information content (AvgIpc) is 2.74.